The second-order valence-corrected chi connectivity index (χ2v) is 12.9. The van der Waals surface area contributed by atoms with Gasteiger partial charge in [0.1, 0.15) is 46.5 Å². The maximum absolute atomic E-state index is 12.4. The second kappa shape index (κ2) is 11.0. The second-order valence-electron chi connectivity index (χ2n) is 10.6. The molecule has 3 aliphatic rings. The number of benzene rings is 1. The summed E-state index contributed by atoms with van der Waals surface area (Å²) in [4.78, 5) is 23.9. The Hall–Kier alpha value is -1.58. The molecule has 2 aliphatic heterocycles. The van der Waals surface area contributed by atoms with E-state index in [0.29, 0.717) is 18.6 Å². The van der Waals surface area contributed by atoms with Gasteiger partial charge in [-0.2, -0.15) is 0 Å². The fraction of sp³-hybridized carbons (Fsp3) is 0.630. The van der Waals surface area contributed by atoms with E-state index in [1.807, 2.05) is 6.92 Å². The lowest BCUT2D eigenvalue weighted by molar-refractivity contribution is -0.170. The van der Waals surface area contributed by atoms with E-state index >= 15 is 0 Å². The molecule has 7 nitrogen and oxygen atoms in total. The average Bonchev–Trinajstić information content (AvgIpc) is 3.31. The highest BCUT2D eigenvalue weighted by molar-refractivity contribution is 7.95. The van der Waals surface area contributed by atoms with Gasteiger partial charge in [-0.15, -0.1) is 11.6 Å². The molecule has 4 rings (SSSR count). The number of aliphatic hydroxyl groups is 1. The Balaban J connectivity index is 1.57. The van der Waals surface area contributed by atoms with Gasteiger partial charge >= 0.3 is 6.09 Å². The number of carbonyl (C=O) groups is 2. The zero-order valence-electron chi connectivity index (χ0n) is 21.4. The molecule has 1 aromatic carbocycles. The van der Waals surface area contributed by atoms with Crippen LogP contribution in [0.15, 0.2) is 35.9 Å². The molecule has 36 heavy (non-hydrogen) atoms. The van der Waals surface area contributed by atoms with Crippen LogP contribution in [0.25, 0.3) is 0 Å². The summed E-state index contributed by atoms with van der Waals surface area (Å²) in [5, 5.41) is 14.4. The molecule has 2 heterocycles. The molecule has 1 saturated heterocycles. The SMILES string of the molecule is CO[C@@H]1[C@H](OC(=O)NC(=O)CCl)CC[C@](O)(C[S+]2Cc3ccccc3C2)[C@H]1[C@]1(C)O[C@@H]1CC=C(C)C. The summed E-state index contributed by atoms with van der Waals surface area (Å²) in [5.74, 6) is 1.20. The predicted octanol–water partition coefficient (Wildman–Crippen LogP) is 3.85. The van der Waals surface area contributed by atoms with Crippen LogP contribution in [0.5, 0.6) is 0 Å². The molecule has 0 radical (unpaired) electrons. The first kappa shape index (κ1) is 27.5. The number of alkyl halides is 1. The van der Waals surface area contributed by atoms with Gasteiger partial charge in [0, 0.05) is 18.2 Å². The van der Waals surface area contributed by atoms with Crippen LogP contribution in [0.4, 0.5) is 4.79 Å². The van der Waals surface area contributed by atoms with Gasteiger partial charge in [-0.3, -0.25) is 10.1 Å². The minimum absolute atomic E-state index is 0.0111. The normalized spacial score (nSPS) is 33.5. The Kier molecular flexibility index (Phi) is 8.42. The van der Waals surface area contributed by atoms with Crippen molar-refractivity contribution in [2.45, 2.75) is 81.1 Å². The molecule has 0 unspecified atom stereocenters. The van der Waals surface area contributed by atoms with Gasteiger partial charge in [0.15, 0.2) is 0 Å². The Morgan fingerprint density at radius 3 is 2.53 bits per heavy atom. The van der Waals surface area contributed by atoms with E-state index in [1.54, 1.807) is 7.11 Å². The van der Waals surface area contributed by atoms with E-state index in [9.17, 15) is 14.7 Å². The van der Waals surface area contributed by atoms with Gasteiger partial charge in [0.05, 0.1) is 12.0 Å². The molecule has 1 saturated carbocycles. The van der Waals surface area contributed by atoms with Crippen LogP contribution in [-0.4, -0.2) is 65.4 Å². The fourth-order valence-corrected chi connectivity index (χ4v) is 8.79. The van der Waals surface area contributed by atoms with E-state index in [1.165, 1.54) is 16.7 Å². The Morgan fingerprint density at radius 2 is 1.94 bits per heavy atom. The number of carbonyl (C=O) groups excluding carboxylic acids is 2. The van der Waals surface area contributed by atoms with Gasteiger partial charge in [-0.25, -0.2) is 4.79 Å². The van der Waals surface area contributed by atoms with Gasteiger partial charge in [-0.1, -0.05) is 35.9 Å². The van der Waals surface area contributed by atoms with E-state index in [2.05, 4.69) is 49.5 Å². The van der Waals surface area contributed by atoms with Crippen LogP contribution in [0.3, 0.4) is 0 Å². The molecule has 2 fully saturated rings. The van der Waals surface area contributed by atoms with E-state index in [0.717, 1.165) is 17.9 Å². The topological polar surface area (TPSA) is 97.4 Å². The third-order valence-corrected chi connectivity index (χ3v) is 10.2. The summed E-state index contributed by atoms with van der Waals surface area (Å²) in [6, 6.07) is 8.49. The number of imide groups is 1. The lowest BCUT2D eigenvalue weighted by Crippen LogP contribution is -2.63. The molecule has 0 spiro atoms. The van der Waals surface area contributed by atoms with Crippen molar-refractivity contribution < 1.29 is 28.9 Å². The number of rotatable bonds is 8. The molecule has 6 atom stereocenters. The Labute approximate surface area is 221 Å². The molecule has 198 valence electrons. The molecule has 2 N–H and O–H groups in total. The lowest BCUT2D eigenvalue weighted by Gasteiger charge is -2.48. The van der Waals surface area contributed by atoms with Crippen LogP contribution >= 0.6 is 11.6 Å². The van der Waals surface area contributed by atoms with Gasteiger partial charge in [0.2, 0.25) is 5.91 Å². The van der Waals surface area contributed by atoms with Gasteiger partial charge in [0.25, 0.3) is 0 Å². The molecule has 0 aromatic heterocycles. The summed E-state index contributed by atoms with van der Waals surface area (Å²) >= 11 is 5.51. The number of amides is 2. The van der Waals surface area contributed by atoms with Crippen LogP contribution in [-0.2, 0) is 41.4 Å². The summed E-state index contributed by atoms with van der Waals surface area (Å²) in [7, 11) is 1.56. The Morgan fingerprint density at radius 1 is 1.28 bits per heavy atom. The predicted molar refractivity (Wildman–Crippen MR) is 141 cm³/mol. The number of nitrogens with one attached hydrogen (secondary N) is 1. The summed E-state index contributed by atoms with van der Waals surface area (Å²) in [6.45, 7) is 6.14. The number of allylic oxidation sites excluding steroid dienone is 1. The number of ether oxygens (including phenoxy) is 3. The van der Waals surface area contributed by atoms with Crippen molar-refractivity contribution in [3.63, 3.8) is 0 Å². The molecule has 9 heteroatoms. The molecular formula is C27H37ClNO6S+. The van der Waals surface area contributed by atoms with Crippen molar-refractivity contribution in [1.82, 2.24) is 5.32 Å². The first-order valence-corrected chi connectivity index (χ1v) is 14.7. The number of fused-ring (bicyclic) bond motifs is 1. The highest BCUT2D eigenvalue weighted by Gasteiger charge is 2.69. The molecule has 1 aromatic rings. The average molecular weight is 539 g/mol. The van der Waals surface area contributed by atoms with Gasteiger partial charge < -0.3 is 19.3 Å². The molecule has 0 bridgehead atoms. The number of alkyl carbamates (subject to hydrolysis) is 1. The number of methoxy groups -OCH3 is 1. The lowest BCUT2D eigenvalue weighted by atomic mass is 9.66. The quantitative estimate of drug-likeness (QED) is 0.226. The molecule has 2 amide bonds. The maximum Gasteiger partial charge on any atom is 0.414 e. The smallest absolute Gasteiger partial charge is 0.414 e. The first-order chi connectivity index (χ1) is 17.1. The highest BCUT2D eigenvalue weighted by atomic mass is 35.5. The zero-order chi connectivity index (χ0) is 26.1. The minimum Gasteiger partial charge on any atom is -0.443 e. The van der Waals surface area contributed by atoms with Crippen molar-refractivity contribution >= 4 is 34.5 Å². The summed E-state index contributed by atoms with van der Waals surface area (Å²) < 4.78 is 17.9. The molecule has 1 aliphatic carbocycles. The summed E-state index contributed by atoms with van der Waals surface area (Å²) in [5.41, 5.74) is 2.27. The number of epoxide rings is 1. The fourth-order valence-electron chi connectivity index (χ4n) is 5.94. The number of hydrogen-bond acceptors (Lipinski definition) is 6. The van der Waals surface area contributed by atoms with Crippen molar-refractivity contribution in [2.75, 3.05) is 18.7 Å². The molecular weight excluding hydrogens is 502 g/mol. The highest BCUT2D eigenvalue weighted by Crippen LogP contribution is 2.55. The minimum atomic E-state index is -1.04. The monoisotopic (exact) mass is 538 g/mol. The maximum atomic E-state index is 12.4. The van der Waals surface area contributed by atoms with Crippen molar-refractivity contribution in [3.05, 3.63) is 47.0 Å². The Bertz CT molecular complexity index is 991. The standard InChI is InChI=1S/C27H36ClNO6S/c1-17(2)9-10-21-26(3,35-21)24-23(33-4)20(34-25(31)29-22(30)13-28)11-12-27(24,32)16-36-14-18-7-5-6-8-19(18)15-36/h5-9,20-21,23-24,32H,10-16H2,1-4H3/p+1/t20-,21-,23-,24-,26-,27+/m1/s1. The third kappa shape index (κ3) is 5.78. The van der Waals surface area contributed by atoms with Crippen molar-refractivity contribution in [2.24, 2.45) is 5.92 Å². The summed E-state index contributed by atoms with van der Waals surface area (Å²) in [6.07, 6.45) is 1.64. The zero-order valence-corrected chi connectivity index (χ0v) is 23.0. The van der Waals surface area contributed by atoms with Crippen LogP contribution < -0.4 is 5.32 Å². The third-order valence-electron chi connectivity index (χ3n) is 7.66. The number of halogens is 1. The van der Waals surface area contributed by atoms with E-state index in [4.69, 9.17) is 25.8 Å². The first-order valence-electron chi connectivity index (χ1n) is 12.4. The van der Waals surface area contributed by atoms with Gasteiger partial charge in [-0.05, 0) is 50.9 Å². The van der Waals surface area contributed by atoms with Crippen molar-refractivity contribution in [1.29, 1.82) is 0 Å². The van der Waals surface area contributed by atoms with Crippen LogP contribution in [0.1, 0.15) is 51.2 Å². The number of hydrogen-bond donors (Lipinski definition) is 2. The van der Waals surface area contributed by atoms with Crippen LogP contribution in [0.2, 0.25) is 0 Å². The van der Waals surface area contributed by atoms with Crippen molar-refractivity contribution in [3.8, 4) is 0 Å². The van der Waals surface area contributed by atoms with Crippen LogP contribution in [0, 0.1) is 5.92 Å². The van der Waals surface area contributed by atoms with E-state index < -0.39 is 41.3 Å². The van der Waals surface area contributed by atoms with E-state index in [-0.39, 0.29) is 22.9 Å². The largest absolute Gasteiger partial charge is 0.443 e.